The van der Waals surface area contributed by atoms with Crippen molar-refractivity contribution in [2.24, 2.45) is 10.1 Å². The molecule has 0 saturated carbocycles. The maximum absolute atomic E-state index is 12.5. The molecule has 1 aromatic heterocycles. The van der Waals surface area contributed by atoms with Crippen LogP contribution in [-0.4, -0.2) is 68.7 Å². The number of hydrogen-bond donors (Lipinski definition) is 4. The van der Waals surface area contributed by atoms with Gasteiger partial charge in [0, 0.05) is 11.1 Å². The van der Waals surface area contributed by atoms with Crippen molar-refractivity contribution in [2.75, 3.05) is 18.6 Å². The molecule has 0 aliphatic carbocycles. The molecule has 2 heterocycles. The number of amides is 1. The molecule has 0 radical (unpaired) electrons. The van der Waals surface area contributed by atoms with E-state index in [9.17, 15) is 19.5 Å². The third-order valence-electron chi connectivity index (χ3n) is 3.22. The van der Waals surface area contributed by atoms with Gasteiger partial charge in [-0.25, -0.2) is 14.6 Å². The number of nitrogens with one attached hydrogen (secondary N) is 1. The topological polar surface area (TPSA) is 177 Å². The first-order valence-electron chi connectivity index (χ1n) is 7.21. The maximum atomic E-state index is 12.5. The summed E-state index contributed by atoms with van der Waals surface area (Å²) in [6.45, 7) is 3.59. The molecule has 1 aromatic rings. The SMILES string of the molecule is C=C1CS[C@H]([C@H](NC(=O)/C(=N\OC)c2csc(N)n2)C(=O)O)N=C1C(=O)O. The number of carbonyl (C=O) groups is 3. The zero-order valence-electron chi connectivity index (χ0n) is 13.9. The monoisotopic (exact) mass is 413 g/mol. The highest BCUT2D eigenvalue weighted by atomic mass is 32.2. The van der Waals surface area contributed by atoms with E-state index in [2.05, 4.69) is 31.9 Å². The highest BCUT2D eigenvalue weighted by molar-refractivity contribution is 8.00. The van der Waals surface area contributed by atoms with E-state index in [-0.39, 0.29) is 33.6 Å². The second-order valence-corrected chi connectivity index (χ2v) is 7.07. The molecule has 1 aliphatic rings. The standard InChI is InChI=1S/C14H15N5O6S2/c1-5-3-26-11(18-7(5)12(21)22)9(13(23)24)17-10(20)8(19-25-2)6-4-27-14(15)16-6/h4,9,11H,1,3H2,2H3,(H2,15,16)(H,17,20)(H,21,22)(H,23,24)/b19-8-/t9-,11+/m0/s1. The van der Waals surface area contributed by atoms with Crippen LogP contribution in [0.25, 0.3) is 0 Å². The molecule has 5 N–H and O–H groups in total. The van der Waals surface area contributed by atoms with Gasteiger partial charge in [-0.2, -0.15) is 0 Å². The van der Waals surface area contributed by atoms with Gasteiger partial charge >= 0.3 is 11.9 Å². The van der Waals surface area contributed by atoms with Crippen molar-refractivity contribution in [3.63, 3.8) is 0 Å². The number of nitrogens with zero attached hydrogens (tertiary/aromatic N) is 3. The average molecular weight is 413 g/mol. The number of carboxylic acid groups (broad SMARTS) is 2. The molecule has 1 amide bonds. The average Bonchev–Trinajstić information content (AvgIpc) is 3.03. The maximum Gasteiger partial charge on any atom is 0.354 e. The number of carbonyl (C=O) groups excluding carboxylic acids is 1. The Labute approximate surface area is 161 Å². The minimum absolute atomic E-state index is 0.111. The van der Waals surface area contributed by atoms with Crippen LogP contribution in [0.1, 0.15) is 5.69 Å². The fourth-order valence-corrected chi connectivity index (χ4v) is 3.66. The first-order chi connectivity index (χ1) is 12.7. The normalized spacial score (nSPS) is 18.4. The predicted molar refractivity (Wildman–Crippen MR) is 100 cm³/mol. The number of aliphatic carboxylic acids is 2. The van der Waals surface area contributed by atoms with E-state index in [4.69, 9.17) is 10.8 Å². The van der Waals surface area contributed by atoms with Gasteiger partial charge in [0.15, 0.2) is 16.9 Å². The van der Waals surface area contributed by atoms with Crippen molar-refractivity contribution in [1.29, 1.82) is 0 Å². The Morgan fingerprint density at radius 2 is 2.19 bits per heavy atom. The second kappa shape index (κ2) is 8.64. The van der Waals surface area contributed by atoms with Crippen LogP contribution < -0.4 is 11.1 Å². The Hall–Kier alpha value is -2.93. The van der Waals surface area contributed by atoms with E-state index in [0.717, 1.165) is 23.1 Å². The molecule has 1 aliphatic heterocycles. The Morgan fingerprint density at radius 3 is 2.70 bits per heavy atom. The summed E-state index contributed by atoms with van der Waals surface area (Å²) in [5.41, 5.74) is 5.32. The summed E-state index contributed by atoms with van der Waals surface area (Å²) in [6.07, 6.45) is 0. The molecule has 13 heteroatoms. The molecule has 0 fully saturated rings. The predicted octanol–water partition coefficient (Wildman–Crippen LogP) is -0.200. The second-order valence-electron chi connectivity index (χ2n) is 5.07. The summed E-state index contributed by atoms with van der Waals surface area (Å²) < 4.78 is 0. The molecule has 0 aromatic carbocycles. The molecule has 0 saturated heterocycles. The highest BCUT2D eigenvalue weighted by Crippen LogP contribution is 2.26. The first-order valence-corrected chi connectivity index (χ1v) is 9.14. The Balaban J connectivity index is 2.28. The highest BCUT2D eigenvalue weighted by Gasteiger charge is 2.36. The van der Waals surface area contributed by atoms with E-state index < -0.39 is 29.3 Å². The Kier molecular flexibility index (Phi) is 6.52. The molecular formula is C14H15N5O6S2. The molecule has 0 bridgehead atoms. The number of nitrogen functional groups attached to an aromatic ring is 1. The third-order valence-corrected chi connectivity index (χ3v) is 5.13. The van der Waals surface area contributed by atoms with Crippen molar-refractivity contribution < 1.29 is 29.4 Å². The van der Waals surface area contributed by atoms with Crippen LogP contribution in [0.4, 0.5) is 5.13 Å². The minimum Gasteiger partial charge on any atom is -0.480 e. The molecule has 11 nitrogen and oxygen atoms in total. The molecule has 27 heavy (non-hydrogen) atoms. The summed E-state index contributed by atoms with van der Waals surface area (Å²) >= 11 is 2.11. The van der Waals surface area contributed by atoms with Gasteiger partial charge in [-0.1, -0.05) is 11.7 Å². The van der Waals surface area contributed by atoms with Crippen LogP contribution in [0.3, 0.4) is 0 Å². The first kappa shape index (κ1) is 20.4. The number of carboxylic acids is 2. The van der Waals surface area contributed by atoms with Gasteiger partial charge in [0.05, 0.1) is 0 Å². The van der Waals surface area contributed by atoms with Gasteiger partial charge in [0.25, 0.3) is 5.91 Å². The van der Waals surface area contributed by atoms with Gasteiger partial charge < -0.3 is 26.1 Å². The van der Waals surface area contributed by atoms with Crippen molar-refractivity contribution in [3.05, 3.63) is 23.2 Å². The lowest BCUT2D eigenvalue weighted by Gasteiger charge is -2.25. The van der Waals surface area contributed by atoms with E-state index in [1.807, 2.05) is 0 Å². The fraction of sp³-hybridized carbons (Fsp3) is 0.286. The molecular weight excluding hydrogens is 398 g/mol. The van der Waals surface area contributed by atoms with Crippen molar-refractivity contribution in [2.45, 2.75) is 11.4 Å². The zero-order valence-corrected chi connectivity index (χ0v) is 15.5. The number of oxime groups is 1. The van der Waals surface area contributed by atoms with Crippen LogP contribution in [0.5, 0.6) is 0 Å². The van der Waals surface area contributed by atoms with E-state index >= 15 is 0 Å². The number of hydrogen-bond acceptors (Lipinski definition) is 10. The van der Waals surface area contributed by atoms with Gasteiger partial charge in [0.1, 0.15) is 23.9 Å². The summed E-state index contributed by atoms with van der Waals surface area (Å²) in [6, 6.07) is -1.51. The molecule has 2 rings (SSSR count). The molecule has 2 atom stereocenters. The zero-order chi connectivity index (χ0) is 20.1. The lowest BCUT2D eigenvalue weighted by atomic mass is 10.2. The van der Waals surface area contributed by atoms with Gasteiger partial charge in [-0.3, -0.25) is 9.79 Å². The quantitative estimate of drug-likeness (QED) is 0.348. The van der Waals surface area contributed by atoms with Gasteiger partial charge in [-0.15, -0.1) is 23.1 Å². The number of rotatable bonds is 7. The number of nitrogens with two attached hydrogens (primary N) is 1. The Bertz CT molecular complexity index is 849. The minimum atomic E-state index is -1.51. The summed E-state index contributed by atoms with van der Waals surface area (Å²) in [7, 11) is 1.21. The lowest BCUT2D eigenvalue weighted by Crippen LogP contribution is -2.50. The number of anilines is 1. The summed E-state index contributed by atoms with van der Waals surface area (Å²) in [5, 5.41) is 25.1. The number of aliphatic imine (C=N–C) groups is 1. The summed E-state index contributed by atoms with van der Waals surface area (Å²) in [4.78, 5) is 47.8. The van der Waals surface area contributed by atoms with Gasteiger partial charge in [0.2, 0.25) is 0 Å². The van der Waals surface area contributed by atoms with Crippen LogP contribution in [0.15, 0.2) is 27.7 Å². The largest absolute Gasteiger partial charge is 0.480 e. The number of thiazole rings is 1. The van der Waals surface area contributed by atoms with Crippen LogP contribution in [-0.2, 0) is 19.2 Å². The lowest BCUT2D eigenvalue weighted by molar-refractivity contribution is -0.141. The Morgan fingerprint density at radius 1 is 1.48 bits per heavy atom. The van der Waals surface area contributed by atoms with E-state index in [1.54, 1.807) is 0 Å². The molecule has 0 spiro atoms. The third kappa shape index (κ3) is 4.83. The molecule has 0 unspecified atom stereocenters. The smallest absolute Gasteiger partial charge is 0.354 e. The van der Waals surface area contributed by atoms with E-state index in [0.29, 0.717) is 0 Å². The molecule has 144 valence electrons. The van der Waals surface area contributed by atoms with Crippen molar-refractivity contribution in [1.82, 2.24) is 10.3 Å². The van der Waals surface area contributed by atoms with Crippen molar-refractivity contribution >= 4 is 57.5 Å². The van der Waals surface area contributed by atoms with Crippen LogP contribution >= 0.6 is 23.1 Å². The summed E-state index contributed by atoms with van der Waals surface area (Å²) in [5.74, 6) is -3.43. The van der Waals surface area contributed by atoms with Crippen molar-refractivity contribution in [3.8, 4) is 0 Å². The van der Waals surface area contributed by atoms with Gasteiger partial charge in [-0.05, 0) is 5.57 Å². The number of thioether (sulfide) groups is 1. The van der Waals surface area contributed by atoms with Crippen LogP contribution in [0.2, 0.25) is 0 Å². The van der Waals surface area contributed by atoms with Crippen LogP contribution in [0, 0.1) is 0 Å². The number of aromatic nitrogens is 1. The fourth-order valence-electron chi connectivity index (χ4n) is 2.04. The van der Waals surface area contributed by atoms with E-state index in [1.165, 1.54) is 12.5 Å².